The van der Waals surface area contributed by atoms with Crippen LogP contribution in [0, 0.1) is 0 Å². The molecule has 0 aliphatic heterocycles. The maximum absolute atomic E-state index is 6.27. The molecule has 0 bridgehead atoms. The monoisotopic (exact) mass is 303 g/mol. The number of hydrogen-bond donors (Lipinski definition) is 1. The largest absolute Gasteiger partial charge is 0.456 e. The van der Waals surface area contributed by atoms with Gasteiger partial charge in [-0.3, -0.25) is 0 Å². The molecule has 112 valence electrons. The molecule has 0 aromatic heterocycles. The number of hydrogen-bond acceptors (Lipinski definition) is 2. The number of nitrogens with one attached hydrogen (secondary N) is 1. The molecule has 2 nitrogen and oxygen atoms in total. The Bertz CT molecular complexity index is 580. The highest BCUT2D eigenvalue weighted by Gasteiger charge is 2.06. The lowest BCUT2D eigenvalue weighted by Crippen LogP contribution is -2.04. The van der Waals surface area contributed by atoms with Crippen molar-refractivity contribution in [1.29, 1.82) is 0 Å². The highest BCUT2D eigenvalue weighted by molar-refractivity contribution is 6.32. The summed E-state index contributed by atoms with van der Waals surface area (Å²) in [4.78, 5) is 0. The quantitative estimate of drug-likeness (QED) is 0.775. The first kappa shape index (κ1) is 15.9. The predicted molar refractivity (Wildman–Crippen MR) is 89.4 cm³/mol. The molecule has 1 unspecified atom stereocenters. The number of halogens is 1. The minimum Gasteiger partial charge on any atom is -0.456 e. The van der Waals surface area contributed by atoms with Crippen molar-refractivity contribution < 1.29 is 4.74 Å². The van der Waals surface area contributed by atoms with Crippen molar-refractivity contribution >= 4 is 11.6 Å². The van der Waals surface area contributed by atoms with Gasteiger partial charge in [0.2, 0.25) is 0 Å². The third kappa shape index (κ3) is 4.23. The van der Waals surface area contributed by atoms with Crippen molar-refractivity contribution in [3.05, 3.63) is 58.6 Å². The van der Waals surface area contributed by atoms with Crippen molar-refractivity contribution in [1.82, 2.24) is 5.32 Å². The average Bonchev–Trinajstić information content (AvgIpc) is 2.50. The number of rotatable bonds is 6. The molecule has 21 heavy (non-hydrogen) atoms. The summed E-state index contributed by atoms with van der Waals surface area (Å²) < 4.78 is 5.86. The topological polar surface area (TPSA) is 21.3 Å². The van der Waals surface area contributed by atoms with Gasteiger partial charge in [-0.25, -0.2) is 0 Å². The molecule has 0 fully saturated rings. The Morgan fingerprint density at radius 1 is 1.14 bits per heavy atom. The minimum atomic E-state index is 0.573. The second kappa shape index (κ2) is 7.48. The number of benzene rings is 2. The smallest absolute Gasteiger partial charge is 0.146 e. The molecule has 0 radical (unpaired) electrons. The molecule has 3 heteroatoms. The third-order valence-electron chi connectivity index (χ3n) is 3.67. The SMILES string of the molecule is CCC(C)c1ccc(Oc2ccc(CNC)cc2Cl)cc1. The van der Waals surface area contributed by atoms with E-state index in [-0.39, 0.29) is 0 Å². The second-order valence-corrected chi connectivity index (χ2v) is 5.68. The minimum absolute atomic E-state index is 0.573. The van der Waals surface area contributed by atoms with Gasteiger partial charge in [0.05, 0.1) is 5.02 Å². The molecule has 0 aliphatic carbocycles. The van der Waals surface area contributed by atoms with Crippen LogP contribution >= 0.6 is 11.6 Å². The molecule has 2 aromatic rings. The maximum Gasteiger partial charge on any atom is 0.146 e. The predicted octanol–water partition coefficient (Wildman–Crippen LogP) is 5.37. The molecule has 0 saturated heterocycles. The van der Waals surface area contributed by atoms with Crippen LogP contribution in [0.15, 0.2) is 42.5 Å². The molecular formula is C18H22ClNO. The van der Waals surface area contributed by atoms with Gasteiger partial charge >= 0.3 is 0 Å². The van der Waals surface area contributed by atoms with E-state index in [9.17, 15) is 0 Å². The summed E-state index contributed by atoms with van der Waals surface area (Å²) in [6.07, 6.45) is 1.14. The van der Waals surface area contributed by atoms with E-state index in [1.807, 2.05) is 37.4 Å². The molecule has 2 aromatic carbocycles. The summed E-state index contributed by atoms with van der Waals surface area (Å²) in [5.41, 5.74) is 2.47. The van der Waals surface area contributed by atoms with Crippen molar-refractivity contribution in [2.75, 3.05) is 7.05 Å². The molecule has 0 amide bonds. The Morgan fingerprint density at radius 2 is 1.86 bits per heavy atom. The van der Waals surface area contributed by atoms with E-state index >= 15 is 0 Å². The first-order chi connectivity index (χ1) is 10.1. The van der Waals surface area contributed by atoms with E-state index in [2.05, 4.69) is 31.3 Å². The molecule has 2 rings (SSSR count). The van der Waals surface area contributed by atoms with Crippen LogP contribution in [0.4, 0.5) is 0 Å². The lowest BCUT2D eigenvalue weighted by Gasteiger charge is -2.12. The van der Waals surface area contributed by atoms with Crippen LogP contribution < -0.4 is 10.1 Å². The van der Waals surface area contributed by atoms with Crippen molar-refractivity contribution in [3.8, 4) is 11.5 Å². The van der Waals surface area contributed by atoms with E-state index in [1.165, 1.54) is 5.56 Å². The van der Waals surface area contributed by atoms with Gasteiger partial charge in [-0.15, -0.1) is 0 Å². The van der Waals surface area contributed by atoms with Gasteiger partial charge in [0.25, 0.3) is 0 Å². The van der Waals surface area contributed by atoms with E-state index < -0.39 is 0 Å². The summed E-state index contributed by atoms with van der Waals surface area (Å²) >= 11 is 6.27. The Morgan fingerprint density at radius 3 is 2.43 bits per heavy atom. The summed E-state index contributed by atoms with van der Waals surface area (Å²) in [6.45, 7) is 5.22. The zero-order valence-electron chi connectivity index (χ0n) is 12.8. The summed E-state index contributed by atoms with van der Waals surface area (Å²) in [7, 11) is 1.91. The fourth-order valence-electron chi connectivity index (χ4n) is 2.17. The summed E-state index contributed by atoms with van der Waals surface area (Å²) in [5, 5.41) is 3.74. The number of ether oxygens (including phenoxy) is 1. The standard InChI is InChI=1S/C18H22ClNO/c1-4-13(2)15-6-8-16(9-7-15)21-18-10-5-14(12-20-3)11-17(18)19/h5-11,13,20H,4,12H2,1-3H3. The molecular weight excluding hydrogens is 282 g/mol. The van der Waals surface area contributed by atoms with Gasteiger partial charge in [-0.05, 0) is 54.8 Å². The average molecular weight is 304 g/mol. The van der Waals surface area contributed by atoms with Gasteiger partial charge < -0.3 is 10.1 Å². The van der Waals surface area contributed by atoms with Crippen LogP contribution in [0.1, 0.15) is 37.3 Å². The van der Waals surface area contributed by atoms with Crippen LogP contribution in [-0.2, 0) is 6.54 Å². The van der Waals surface area contributed by atoms with Crippen LogP contribution in [-0.4, -0.2) is 7.05 Å². The third-order valence-corrected chi connectivity index (χ3v) is 3.96. The van der Waals surface area contributed by atoms with Gasteiger partial charge in [0, 0.05) is 6.54 Å². The molecule has 0 saturated carbocycles. The zero-order chi connectivity index (χ0) is 15.2. The normalized spacial score (nSPS) is 12.2. The Kier molecular flexibility index (Phi) is 5.66. The van der Waals surface area contributed by atoms with E-state index in [0.717, 1.165) is 24.3 Å². The van der Waals surface area contributed by atoms with Crippen LogP contribution in [0.5, 0.6) is 11.5 Å². The lowest BCUT2D eigenvalue weighted by atomic mass is 9.99. The highest BCUT2D eigenvalue weighted by atomic mass is 35.5. The summed E-state index contributed by atoms with van der Waals surface area (Å²) in [6, 6.07) is 14.1. The molecule has 0 aliphatic rings. The van der Waals surface area contributed by atoms with E-state index in [0.29, 0.717) is 16.7 Å². The van der Waals surface area contributed by atoms with E-state index in [1.54, 1.807) is 0 Å². The lowest BCUT2D eigenvalue weighted by molar-refractivity contribution is 0.482. The van der Waals surface area contributed by atoms with Crippen molar-refractivity contribution in [2.45, 2.75) is 32.7 Å². The van der Waals surface area contributed by atoms with Crippen LogP contribution in [0.25, 0.3) is 0 Å². The summed E-state index contributed by atoms with van der Waals surface area (Å²) in [5.74, 6) is 2.07. The first-order valence-electron chi connectivity index (χ1n) is 7.35. The zero-order valence-corrected chi connectivity index (χ0v) is 13.6. The highest BCUT2D eigenvalue weighted by Crippen LogP contribution is 2.31. The Labute approximate surface area is 132 Å². The first-order valence-corrected chi connectivity index (χ1v) is 7.72. The van der Waals surface area contributed by atoms with Crippen molar-refractivity contribution in [3.63, 3.8) is 0 Å². The fraction of sp³-hybridized carbons (Fsp3) is 0.333. The second-order valence-electron chi connectivity index (χ2n) is 5.28. The van der Waals surface area contributed by atoms with Crippen LogP contribution in [0.3, 0.4) is 0 Å². The van der Waals surface area contributed by atoms with Gasteiger partial charge in [-0.2, -0.15) is 0 Å². The fourth-order valence-corrected chi connectivity index (χ4v) is 2.41. The van der Waals surface area contributed by atoms with Gasteiger partial charge in [0.15, 0.2) is 0 Å². The Hall–Kier alpha value is -1.51. The molecule has 1 atom stereocenters. The molecule has 0 heterocycles. The molecule has 1 N–H and O–H groups in total. The molecule has 0 spiro atoms. The maximum atomic E-state index is 6.27. The van der Waals surface area contributed by atoms with E-state index in [4.69, 9.17) is 16.3 Å². The Balaban J connectivity index is 2.11. The van der Waals surface area contributed by atoms with Crippen LogP contribution in [0.2, 0.25) is 5.02 Å². The van der Waals surface area contributed by atoms with Gasteiger partial charge in [0.1, 0.15) is 11.5 Å². The van der Waals surface area contributed by atoms with Crippen molar-refractivity contribution in [2.24, 2.45) is 0 Å². The van der Waals surface area contributed by atoms with Gasteiger partial charge in [-0.1, -0.05) is 43.6 Å².